The van der Waals surface area contributed by atoms with Crippen LogP contribution in [0.15, 0.2) is 72.8 Å². The van der Waals surface area contributed by atoms with Gasteiger partial charge in [-0.1, -0.05) is 60.7 Å². The van der Waals surface area contributed by atoms with Crippen LogP contribution < -0.4 is 4.74 Å². The van der Waals surface area contributed by atoms with Gasteiger partial charge in [0.2, 0.25) is 0 Å². The highest BCUT2D eigenvalue weighted by Gasteiger charge is 2.51. The second-order valence-electron chi connectivity index (χ2n) is 9.94. The molecule has 2 bridgehead atoms. The number of halogens is 2. The standard InChI is InChI=1S/C29H27F2NO4/c30-27(31)36-21-7-5-6-18(14-21)29(34)15-19-12-13-20(16-29)32(19)28(33)35-17-26-24-10-3-1-8-22(24)23-9-2-4-11-25(23)26/h1-11,14,19-20,26-27,34H,12-13,15-17H2. The Morgan fingerprint density at radius 1 is 0.944 bits per heavy atom. The van der Waals surface area contributed by atoms with E-state index in [4.69, 9.17) is 4.74 Å². The smallest absolute Gasteiger partial charge is 0.410 e. The monoisotopic (exact) mass is 491 g/mol. The zero-order valence-electron chi connectivity index (χ0n) is 19.6. The second-order valence-corrected chi connectivity index (χ2v) is 9.94. The Balaban J connectivity index is 1.17. The van der Waals surface area contributed by atoms with Crippen LogP contribution in [0.3, 0.4) is 0 Å². The first kappa shape index (κ1) is 23.0. The van der Waals surface area contributed by atoms with Gasteiger partial charge in [-0.15, -0.1) is 0 Å². The molecule has 0 spiro atoms. The van der Waals surface area contributed by atoms with E-state index in [0.29, 0.717) is 18.4 Å². The maximum Gasteiger partial charge on any atom is 0.410 e. The molecule has 3 aliphatic rings. The van der Waals surface area contributed by atoms with Crippen molar-refractivity contribution in [3.8, 4) is 16.9 Å². The molecule has 2 atom stereocenters. The van der Waals surface area contributed by atoms with Crippen LogP contribution in [-0.4, -0.2) is 41.4 Å². The van der Waals surface area contributed by atoms with Crippen molar-refractivity contribution in [3.63, 3.8) is 0 Å². The van der Waals surface area contributed by atoms with Gasteiger partial charge >= 0.3 is 12.7 Å². The number of carbonyl (C=O) groups is 1. The van der Waals surface area contributed by atoms with Crippen LogP contribution in [0, 0.1) is 0 Å². The van der Waals surface area contributed by atoms with Crippen LogP contribution in [0.1, 0.15) is 48.3 Å². The van der Waals surface area contributed by atoms with Crippen LogP contribution in [0.5, 0.6) is 5.75 Å². The number of hydrogen-bond acceptors (Lipinski definition) is 4. The molecular formula is C29H27F2NO4. The van der Waals surface area contributed by atoms with Gasteiger partial charge in [-0.25, -0.2) is 4.79 Å². The van der Waals surface area contributed by atoms with Gasteiger partial charge in [0, 0.05) is 30.8 Å². The Morgan fingerprint density at radius 2 is 1.56 bits per heavy atom. The van der Waals surface area contributed by atoms with Gasteiger partial charge in [-0.05, 0) is 52.8 Å². The zero-order chi connectivity index (χ0) is 24.9. The summed E-state index contributed by atoms with van der Waals surface area (Å²) in [7, 11) is 0. The van der Waals surface area contributed by atoms with Gasteiger partial charge in [0.25, 0.3) is 0 Å². The van der Waals surface area contributed by atoms with Crippen molar-refractivity contribution >= 4 is 6.09 Å². The summed E-state index contributed by atoms with van der Waals surface area (Å²) in [6.07, 6.45) is 1.83. The van der Waals surface area contributed by atoms with E-state index < -0.39 is 12.2 Å². The lowest BCUT2D eigenvalue weighted by Crippen LogP contribution is -2.52. The Labute approximate surface area is 208 Å². The zero-order valence-corrected chi connectivity index (χ0v) is 19.6. The van der Waals surface area contributed by atoms with Crippen molar-refractivity contribution in [2.24, 2.45) is 0 Å². The molecule has 2 fully saturated rings. The average Bonchev–Trinajstić information content (AvgIpc) is 3.34. The highest BCUT2D eigenvalue weighted by atomic mass is 19.3. The number of hydrogen-bond donors (Lipinski definition) is 1. The SMILES string of the molecule is O=C(OCC1c2ccccc2-c2ccccc21)N1C2CCC1CC(O)(c1cccc(OC(F)F)c1)C2. The number of rotatable bonds is 5. The van der Waals surface area contributed by atoms with E-state index in [1.165, 1.54) is 23.3 Å². The van der Waals surface area contributed by atoms with Crippen molar-refractivity contribution in [1.82, 2.24) is 4.90 Å². The lowest BCUT2D eigenvalue weighted by Gasteiger charge is -2.43. The number of alkyl halides is 2. The predicted molar refractivity (Wildman–Crippen MR) is 130 cm³/mol. The molecule has 0 saturated carbocycles. The molecule has 3 aromatic rings. The molecule has 1 N–H and O–H groups in total. The number of fused-ring (bicyclic) bond motifs is 5. The van der Waals surface area contributed by atoms with Crippen LogP contribution in [-0.2, 0) is 10.3 Å². The summed E-state index contributed by atoms with van der Waals surface area (Å²) < 4.78 is 35.8. The minimum absolute atomic E-state index is 0.0155. The third kappa shape index (κ3) is 3.91. The van der Waals surface area contributed by atoms with E-state index in [1.807, 2.05) is 24.3 Å². The minimum atomic E-state index is -2.93. The fraction of sp³-hybridized carbons (Fsp3) is 0.345. The molecule has 186 valence electrons. The highest BCUT2D eigenvalue weighted by Crippen LogP contribution is 2.47. The Kier molecular flexibility index (Phi) is 5.67. The van der Waals surface area contributed by atoms with E-state index >= 15 is 0 Å². The molecule has 3 aromatic carbocycles. The number of amides is 1. The van der Waals surface area contributed by atoms with Crippen molar-refractivity contribution in [2.75, 3.05) is 6.61 Å². The van der Waals surface area contributed by atoms with E-state index in [-0.39, 0.29) is 36.5 Å². The maximum absolute atomic E-state index is 13.3. The second kappa shape index (κ2) is 8.89. The third-order valence-electron chi connectivity index (χ3n) is 7.91. The van der Waals surface area contributed by atoms with E-state index in [1.54, 1.807) is 17.0 Å². The van der Waals surface area contributed by atoms with Crippen LogP contribution in [0.4, 0.5) is 13.6 Å². The molecule has 7 heteroatoms. The molecule has 0 radical (unpaired) electrons. The molecule has 2 aliphatic heterocycles. The predicted octanol–water partition coefficient (Wildman–Crippen LogP) is 6.05. The molecule has 0 aromatic heterocycles. The number of piperidine rings is 1. The molecule has 2 heterocycles. The first-order valence-corrected chi connectivity index (χ1v) is 12.3. The summed E-state index contributed by atoms with van der Waals surface area (Å²) in [6, 6.07) is 22.3. The van der Waals surface area contributed by atoms with Gasteiger partial charge < -0.3 is 19.5 Å². The third-order valence-corrected chi connectivity index (χ3v) is 7.91. The molecule has 2 unspecified atom stereocenters. The summed E-state index contributed by atoms with van der Waals surface area (Å²) in [4.78, 5) is 15.1. The van der Waals surface area contributed by atoms with Gasteiger partial charge in [-0.3, -0.25) is 0 Å². The van der Waals surface area contributed by atoms with Gasteiger partial charge in [0.1, 0.15) is 12.4 Å². The molecule has 36 heavy (non-hydrogen) atoms. The van der Waals surface area contributed by atoms with Crippen LogP contribution in [0.2, 0.25) is 0 Å². The maximum atomic E-state index is 13.3. The fourth-order valence-electron chi connectivity index (χ4n) is 6.39. The van der Waals surface area contributed by atoms with E-state index in [9.17, 15) is 18.7 Å². The number of aliphatic hydroxyl groups is 1. The first-order valence-electron chi connectivity index (χ1n) is 12.3. The number of nitrogens with zero attached hydrogens (tertiary/aromatic N) is 1. The Morgan fingerprint density at radius 3 is 2.17 bits per heavy atom. The largest absolute Gasteiger partial charge is 0.448 e. The van der Waals surface area contributed by atoms with Crippen molar-refractivity contribution in [1.29, 1.82) is 0 Å². The summed E-state index contributed by atoms with van der Waals surface area (Å²) in [5.74, 6) is 0.000498. The van der Waals surface area contributed by atoms with Gasteiger partial charge in [0.05, 0.1) is 5.60 Å². The molecule has 2 saturated heterocycles. The Hall–Kier alpha value is -3.45. The summed E-state index contributed by atoms with van der Waals surface area (Å²) in [6.45, 7) is -2.68. The van der Waals surface area contributed by atoms with Crippen molar-refractivity contribution < 1.29 is 28.2 Å². The van der Waals surface area contributed by atoms with Gasteiger partial charge in [0.15, 0.2) is 0 Å². The number of carbonyl (C=O) groups excluding carboxylic acids is 1. The highest BCUT2D eigenvalue weighted by molar-refractivity contribution is 5.79. The number of ether oxygens (including phenoxy) is 2. The van der Waals surface area contributed by atoms with E-state index in [0.717, 1.165) is 24.0 Å². The lowest BCUT2D eigenvalue weighted by atomic mass is 9.80. The molecule has 6 rings (SSSR count). The Bertz CT molecular complexity index is 1240. The average molecular weight is 492 g/mol. The first-order chi connectivity index (χ1) is 17.4. The molecule has 1 aliphatic carbocycles. The molecule has 1 amide bonds. The van der Waals surface area contributed by atoms with Gasteiger partial charge in [-0.2, -0.15) is 8.78 Å². The number of benzene rings is 3. The normalized spacial score (nSPS) is 24.5. The lowest BCUT2D eigenvalue weighted by molar-refractivity contribution is -0.0573. The summed E-state index contributed by atoms with van der Waals surface area (Å²) in [5.41, 5.74) is 3.99. The van der Waals surface area contributed by atoms with Crippen LogP contribution in [0.25, 0.3) is 11.1 Å². The van der Waals surface area contributed by atoms with Crippen molar-refractivity contribution in [3.05, 3.63) is 89.5 Å². The summed E-state index contributed by atoms with van der Waals surface area (Å²) in [5, 5.41) is 11.5. The fourth-order valence-corrected chi connectivity index (χ4v) is 6.39. The molecular weight excluding hydrogens is 464 g/mol. The van der Waals surface area contributed by atoms with Crippen LogP contribution >= 0.6 is 0 Å². The van der Waals surface area contributed by atoms with E-state index in [2.05, 4.69) is 29.0 Å². The molecule has 5 nitrogen and oxygen atoms in total. The summed E-state index contributed by atoms with van der Waals surface area (Å²) >= 11 is 0. The minimum Gasteiger partial charge on any atom is -0.448 e. The van der Waals surface area contributed by atoms with Crippen molar-refractivity contribution in [2.45, 2.75) is 55.9 Å². The topological polar surface area (TPSA) is 59.0 Å². The quantitative estimate of drug-likeness (QED) is 0.472.